The van der Waals surface area contributed by atoms with E-state index in [0.29, 0.717) is 51.2 Å². The number of halogens is 1. The first-order chi connectivity index (χ1) is 17.7. The lowest BCUT2D eigenvalue weighted by Crippen LogP contribution is -2.45. The summed E-state index contributed by atoms with van der Waals surface area (Å²) in [6.45, 7) is 3.49. The Hall–Kier alpha value is -3.00. The Kier molecular flexibility index (Phi) is 5.00. The average molecular weight is 506 g/mol. The number of hydrogen-bond acceptors (Lipinski definition) is 5. The monoisotopic (exact) mass is 505 g/mol. The van der Waals surface area contributed by atoms with Crippen LogP contribution in [0.15, 0.2) is 39.8 Å². The summed E-state index contributed by atoms with van der Waals surface area (Å²) in [7, 11) is 0. The zero-order valence-corrected chi connectivity index (χ0v) is 21.1. The largest absolute Gasteiger partial charge is 0.461 e. The molecular formula is C29H32FN3O4. The summed E-state index contributed by atoms with van der Waals surface area (Å²) >= 11 is 0. The van der Waals surface area contributed by atoms with Crippen molar-refractivity contribution >= 4 is 34.2 Å². The summed E-state index contributed by atoms with van der Waals surface area (Å²) in [6.07, 6.45) is 5.07. The number of carbonyl (C=O) groups excluding carboxylic acids is 2. The standard InChI is InChI=1S/C29H32FN3O4/c1-17-12-21-13-19(3-5-24(21)37-17)20-2-4-22(23(30)14-20)25-31-28(7-8-28)26(34)33(25)16-18-6-11-32(15-18)27(35)29(36)9-10-29/h3,5,12-14,18,22-23,36H,2,4,6-11,15-16H2,1H3/t18-,22?,23?/m1/s1. The molecule has 3 atom stereocenters. The van der Waals surface area contributed by atoms with E-state index in [9.17, 15) is 14.7 Å². The van der Waals surface area contributed by atoms with Gasteiger partial charge in [-0.25, -0.2) is 4.39 Å². The average Bonchev–Trinajstić information content (AvgIpc) is 3.70. The van der Waals surface area contributed by atoms with E-state index in [1.165, 1.54) is 0 Å². The molecule has 1 aromatic heterocycles. The molecule has 7 nitrogen and oxygen atoms in total. The second-order valence-corrected chi connectivity index (χ2v) is 11.7. The van der Waals surface area contributed by atoms with Gasteiger partial charge in [-0.2, -0.15) is 0 Å². The number of carbonyl (C=O) groups is 2. The third kappa shape index (κ3) is 3.83. The van der Waals surface area contributed by atoms with Crippen LogP contribution in [0.3, 0.4) is 0 Å². The van der Waals surface area contributed by atoms with Gasteiger partial charge in [0.1, 0.15) is 34.5 Å². The fraction of sp³-hybridized carbons (Fsp3) is 0.552. The van der Waals surface area contributed by atoms with Gasteiger partial charge in [-0.1, -0.05) is 6.07 Å². The van der Waals surface area contributed by atoms with Crippen molar-refractivity contribution in [2.75, 3.05) is 19.6 Å². The highest BCUT2D eigenvalue weighted by atomic mass is 19.1. The minimum Gasteiger partial charge on any atom is -0.461 e. The van der Waals surface area contributed by atoms with Crippen LogP contribution in [0.25, 0.3) is 16.5 Å². The number of allylic oxidation sites excluding steroid dienone is 2. The van der Waals surface area contributed by atoms with E-state index in [2.05, 4.69) is 6.07 Å². The summed E-state index contributed by atoms with van der Waals surface area (Å²) in [5.41, 5.74) is 0.959. The molecule has 8 heteroatoms. The number of likely N-dealkylation sites (tertiary alicyclic amines) is 1. The molecule has 2 aliphatic heterocycles. The Labute approximate surface area is 215 Å². The molecule has 2 saturated carbocycles. The second-order valence-electron chi connectivity index (χ2n) is 11.7. The van der Waals surface area contributed by atoms with E-state index in [-0.39, 0.29) is 17.7 Å². The third-order valence-electron chi connectivity index (χ3n) is 8.92. The van der Waals surface area contributed by atoms with E-state index in [4.69, 9.17) is 9.41 Å². The Bertz CT molecular complexity index is 1370. The van der Waals surface area contributed by atoms with Crippen molar-refractivity contribution in [2.24, 2.45) is 16.8 Å². The lowest BCUT2D eigenvalue weighted by molar-refractivity contribution is -0.141. The molecular weight excluding hydrogens is 473 g/mol. The lowest BCUT2D eigenvalue weighted by Gasteiger charge is -2.31. The highest BCUT2D eigenvalue weighted by molar-refractivity contribution is 6.11. The van der Waals surface area contributed by atoms with Crippen molar-refractivity contribution in [2.45, 2.75) is 69.2 Å². The molecule has 0 radical (unpaired) electrons. The normalized spacial score (nSPS) is 29.7. The van der Waals surface area contributed by atoms with Gasteiger partial charge in [0.15, 0.2) is 0 Å². The molecule has 3 aliphatic carbocycles. The van der Waals surface area contributed by atoms with E-state index < -0.39 is 23.2 Å². The number of aliphatic hydroxyl groups is 1. The molecule has 0 bridgehead atoms. The van der Waals surface area contributed by atoms with Crippen LogP contribution in [0, 0.1) is 18.8 Å². The number of hydrogen-bond donors (Lipinski definition) is 1. The first kappa shape index (κ1) is 23.1. The first-order valence-electron chi connectivity index (χ1n) is 13.5. The van der Waals surface area contributed by atoms with Crippen LogP contribution in [0.1, 0.15) is 56.3 Å². The van der Waals surface area contributed by atoms with Crippen molar-refractivity contribution in [3.8, 4) is 0 Å². The molecule has 194 valence electrons. The van der Waals surface area contributed by atoms with Crippen LogP contribution in [0.2, 0.25) is 0 Å². The van der Waals surface area contributed by atoms with Gasteiger partial charge in [0.25, 0.3) is 11.8 Å². The number of amidine groups is 1. The van der Waals surface area contributed by atoms with Crippen LogP contribution in [-0.2, 0) is 9.59 Å². The van der Waals surface area contributed by atoms with Gasteiger partial charge in [0, 0.05) is 25.0 Å². The van der Waals surface area contributed by atoms with E-state index >= 15 is 4.39 Å². The number of nitrogens with zero attached hydrogens (tertiary/aromatic N) is 3. The molecule has 1 saturated heterocycles. The number of furan rings is 1. The Balaban J connectivity index is 1.09. The fourth-order valence-electron chi connectivity index (χ4n) is 6.39. The molecule has 3 fully saturated rings. The zero-order valence-electron chi connectivity index (χ0n) is 21.1. The maximum absolute atomic E-state index is 15.8. The van der Waals surface area contributed by atoms with Crippen LogP contribution >= 0.6 is 0 Å². The second kappa shape index (κ2) is 8.00. The van der Waals surface area contributed by atoms with Gasteiger partial charge >= 0.3 is 0 Å². The molecule has 37 heavy (non-hydrogen) atoms. The minimum atomic E-state index is -1.22. The Morgan fingerprint density at radius 1 is 1.22 bits per heavy atom. The van der Waals surface area contributed by atoms with Crippen LogP contribution in [0.5, 0.6) is 0 Å². The van der Waals surface area contributed by atoms with Gasteiger partial charge in [-0.15, -0.1) is 0 Å². The summed E-state index contributed by atoms with van der Waals surface area (Å²) in [6, 6.07) is 7.97. The maximum atomic E-state index is 15.8. The fourth-order valence-corrected chi connectivity index (χ4v) is 6.39. The molecule has 3 heterocycles. The lowest BCUT2D eigenvalue weighted by atomic mass is 9.84. The van der Waals surface area contributed by atoms with Crippen molar-refractivity contribution in [1.82, 2.24) is 9.80 Å². The molecule has 5 aliphatic rings. The Morgan fingerprint density at radius 2 is 2.03 bits per heavy atom. The van der Waals surface area contributed by atoms with Crippen molar-refractivity contribution < 1.29 is 23.5 Å². The highest BCUT2D eigenvalue weighted by Crippen LogP contribution is 2.48. The molecule has 2 amide bonds. The molecule has 1 N–H and O–H groups in total. The minimum absolute atomic E-state index is 0.00384. The van der Waals surface area contributed by atoms with Gasteiger partial charge in [0.05, 0.1) is 5.92 Å². The predicted molar refractivity (Wildman–Crippen MR) is 137 cm³/mol. The van der Waals surface area contributed by atoms with Crippen LogP contribution in [0.4, 0.5) is 4.39 Å². The van der Waals surface area contributed by atoms with E-state index in [1.807, 2.05) is 25.1 Å². The summed E-state index contributed by atoms with van der Waals surface area (Å²) in [4.78, 5) is 34.3. The van der Waals surface area contributed by atoms with Crippen molar-refractivity contribution in [3.05, 3.63) is 41.7 Å². The summed E-state index contributed by atoms with van der Waals surface area (Å²) in [5.74, 6) is 0.913. The number of rotatable bonds is 5. The van der Waals surface area contributed by atoms with Crippen molar-refractivity contribution in [3.63, 3.8) is 0 Å². The summed E-state index contributed by atoms with van der Waals surface area (Å²) < 4.78 is 21.4. The Morgan fingerprint density at radius 3 is 2.76 bits per heavy atom. The number of fused-ring (bicyclic) bond motifs is 1. The maximum Gasteiger partial charge on any atom is 0.255 e. The SMILES string of the molecule is Cc1cc2cc(C3=CC(F)C(C4=NC5(CC5)C(=O)N4C[C@@H]4CCN(C(=O)C5(O)CC5)C4)CC3)ccc2o1. The molecule has 7 rings (SSSR count). The highest BCUT2D eigenvalue weighted by Gasteiger charge is 2.59. The first-order valence-corrected chi connectivity index (χ1v) is 13.5. The van der Waals surface area contributed by atoms with Crippen molar-refractivity contribution in [1.29, 1.82) is 0 Å². The molecule has 1 spiro atoms. The predicted octanol–water partition coefficient (Wildman–Crippen LogP) is 4.02. The number of benzene rings is 1. The van der Waals surface area contributed by atoms with E-state index in [1.54, 1.807) is 15.9 Å². The number of aryl methyl sites for hydroxylation is 1. The quantitative estimate of drug-likeness (QED) is 0.665. The smallest absolute Gasteiger partial charge is 0.255 e. The van der Waals surface area contributed by atoms with Crippen LogP contribution < -0.4 is 0 Å². The zero-order chi connectivity index (χ0) is 25.5. The van der Waals surface area contributed by atoms with Crippen LogP contribution in [-0.4, -0.2) is 69.5 Å². The van der Waals surface area contributed by atoms with E-state index in [0.717, 1.165) is 47.1 Å². The number of alkyl halides is 1. The van der Waals surface area contributed by atoms with Gasteiger partial charge in [-0.3, -0.25) is 19.5 Å². The molecule has 2 aromatic rings. The number of aliphatic imine (C=N–C) groups is 1. The number of amides is 2. The topological polar surface area (TPSA) is 86.4 Å². The van der Waals surface area contributed by atoms with Gasteiger partial charge < -0.3 is 14.4 Å². The van der Waals surface area contributed by atoms with Gasteiger partial charge in [-0.05, 0) is 93.2 Å². The van der Waals surface area contributed by atoms with Gasteiger partial charge in [0.2, 0.25) is 0 Å². The molecule has 1 aromatic carbocycles. The summed E-state index contributed by atoms with van der Waals surface area (Å²) in [5, 5.41) is 11.2. The molecule has 2 unspecified atom stereocenters. The third-order valence-corrected chi connectivity index (χ3v) is 8.92.